The summed E-state index contributed by atoms with van der Waals surface area (Å²) in [6, 6.07) is 5.99. The maximum Gasteiger partial charge on any atom is 0.191 e. The van der Waals surface area contributed by atoms with Crippen LogP contribution in [0.15, 0.2) is 29.3 Å². The molecule has 0 fully saturated rings. The Bertz CT molecular complexity index is 497. The predicted octanol–water partition coefficient (Wildman–Crippen LogP) is 2.59. The number of halogens is 1. The monoisotopic (exact) mass is 369 g/mol. The first-order valence-corrected chi connectivity index (χ1v) is 9.18. The molecular formula is C19H32FN3O3. The van der Waals surface area contributed by atoms with Crippen molar-refractivity contribution in [1.82, 2.24) is 10.6 Å². The van der Waals surface area contributed by atoms with E-state index in [-0.39, 0.29) is 11.9 Å². The number of unbranched alkanes of at least 4 members (excludes halogenated alkanes) is 1. The van der Waals surface area contributed by atoms with Gasteiger partial charge >= 0.3 is 0 Å². The smallest absolute Gasteiger partial charge is 0.191 e. The van der Waals surface area contributed by atoms with Gasteiger partial charge in [0.15, 0.2) is 5.96 Å². The average Bonchev–Trinajstić information content (AvgIpc) is 2.64. The molecule has 0 aliphatic heterocycles. The van der Waals surface area contributed by atoms with Gasteiger partial charge in [0.25, 0.3) is 0 Å². The van der Waals surface area contributed by atoms with Gasteiger partial charge in [-0.3, -0.25) is 4.99 Å². The van der Waals surface area contributed by atoms with Crippen molar-refractivity contribution in [3.05, 3.63) is 30.1 Å². The molecule has 1 rings (SSSR count). The molecule has 0 aliphatic rings. The van der Waals surface area contributed by atoms with Crippen LogP contribution in [0.4, 0.5) is 4.39 Å². The van der Waals surface area contributed by atoms with Crippen molar-refractivity contribution in [2.24, 2.45) is 4.99 Å². The van der Waals surface area contributed by atoms with Crippen LogP contribution in [0.25, 0.3) is 0 Å². The summed E-state index contributed by atoms with van der Waals surface area (Å²) in [7, 11) is 1.71. The summed E-state index contributed by atoms with van der Waals surface area (Å²) in [5.74, 6) is 1.04. The molecule has 148 valence electrons. The van der Waals surface area contributed by atoms with Crippen LogP contribution >= 0.6 is 0 Å². The second-order valence-corrected chi connectivity index (χ2v) is 5.84. The standard InChI is InChI=1S/C19H32FN3O3/c1-4-5-11-24-13-14-25-12-10-22-19(21-3)23-15-16(2)26-18-8-6-17(20)7-9-18/h6-9,16H,4-5,10-15H2,1-3H3,(H2,21,22,23). The van der Waals surface area contributed by atoms with E-state index < -0.39 is 0 Å². The molecule has 0 saturated heterocycles. The summed E-state index contributed by atoms with van der Waals surface area (Å²) in [4.78, 5) is 4.16. The third-order valence-corrected chi connectivity index (χ3v) is 3.48. The van der Waals surface area contributed by atoms with E-state index in [0.29, 0.717) is 44.6 Å². The zero-order valence-electron chi connectivity index (χ0n) is 16.1. The molecule has 1 unspecified atom stereocenters. The van der Waals surface area contributed by atoms with Crippen LogP contribution in [0.1, 0.15) is 26.7 Å². The van der Waals surface area contributed by atoms with Crippen molar-refractivity contribution >= 4 is 5.96 Å². The lowest BCUT2D eigenvalue weighted by atomic mass is 10.3. The molecule has 0 aromatic heterocycles. The van der Waals surface area contributed by atoms with Gasteiger partial charge in [-0.05, 0) is 37.6 Å². The maximum atomic E-state index is 12.9. The molecule has 2 N–H and O–H groups in total. The van der Waals surface area contributed by atoms with Crippen LogP contribution in [0.3, 0.4) is 0 Å². The van der Waals surface area contributed by atoms with Gasteiger partial charge < -0.3 is 24.8 Å². The molecule has 0 heterocycles. The number of hydrogen-bond acceptors (Lipinski definition) is 4. The van der Waals surface area contributed by atoms with Crippen LogP contribution in [-0.2, 0) is 9.47 Å². The van der Waals surface area contributed by atoms with Gasteiger partial charge in [-0.1, -0.05) is 13.3 Å². The molecule has 0 radical (unpaired) electrons. The first-order valence-electron chi connectivity index (χ1n) is 9.18. The Morgan fingerprint density at radius 2 is 1.77 bits per heavy atom. The first-order chi connectivity index (χ1) is 12.7. The highest BCUT2D eigenvalue weighted by molar-refractivity contribution is 5.79. The Labute approximate surface area is 156 Å². The van der Waals surface area contributed by atoms with Crippen molar-refractivity contribution in [2.75, 3.05) is 46.6 Å². The average molecular weight is 369 g/mol. The SMILES string of the molecule is CCCCOCCOCCNC(=NC)NCC(C)Oc1ccc(F)cc1. The van der Waals surface area contributed by atoms with Gasteiger partial charge in [0.1, 0.15) is 17.7 Å². The number of nitrogens with one attached hydrogen (secondary N) is 2. The molecule has 1 aromatic rings. The number of rotatable bonds is 13. The van der Waals surface area contributed by atoms with Crippen LogP contribution in [-0.4, -0.2) is 58.6 Å². The first kappa shape index (κ1) is 22.2. The van der Waals surface area contributed by atoms with E-state index in [9.17, 15) is 4.39 Å². The number of nitrogens with zero attached hydrogens (tertiary/aromatic N) is 1. The lowest BCUT2D eigenvalue weighted by Crippen LogP contribution is -2.42. The fraction of sp³-hybridized carbons (Fsp3) is 0.632. The molecule has 1 aromatic carbocycles. The molecule has 0 saturated carbocycles. The highest BCUT2D eigenvalue weighted by atomic mass is 19.1. The third-order valence-electron chi connectivity index (χ3n) is 3.48. The fourth-order valence-electron chi connectivity index (χ4n) is 2.06. The highest BCUT2D eigenvalue weighted by Crippen LogP contribution is 2.12. The topological polar surface area (TPSA) is 64.1 Å². The molecule has 0 bridgehead atoms. The Kier molecular flexibility index (Phi) is 12.2. The summed E-state index contributed by atoms with van der Waals surface area (Å²) in [6.07, 6.45) is 2.15. The van der Waals surface area contributed by atoms with Crippen LogP contribution in [0.5, 0.6) is 5.75 Å². The number of aliphatic imine (C=N–C) groups is 1. The zero-order chi connectivity index (χ0) is 19.0. The normalized spacial score (nSPS) is 12.7. The van der Waals surface area contributed by atoms with Gasteiger partial charge in [0.2, 0.25) is 0 Å². The van der Waals surface area contributed by atoms with Crippen molar-refractivity contribution in [3.63, 3.8) is 0 Å². The maximum absolute atomic E-state index is 12.9. The Morgan fingerprint density at radius 3 is 2.42 bits per heavy atom. The van der Waals surface area contributed by atoms with Gasteiger partial charge in [0.05, 0.1) is 26.4 Å². The van der Waals surface area contributed by atoms with Crippen molar-refractivity contribution in [3.8, 4) is 5.75 Å². The molecule has 7 heteroatoms. The van der Waals surface area contributed by atoms with E-state index in [4.69, 9.17) is 14.2 Å². The summed E-state index contributed by atoms with van der Waals surface area (Å²) in [6.45, 7) is 7.91. The summed E-state index contributed by atoms with van der Waals surface area (Å²) < 4.78 is 29.5. The van der Waals surface area contributed by atoms with Crippen molar-refractivity contribution < 1.29 is 18.6 Å². The number of ether oxygens (including phenoxy) is 3. The van der Waals surface area contributed by atoms with E-state index >= 15 is 0 Å². The number of hydrogen-bond donors (Lipinski definition) is 2. The lowest BCUT2D eigenvalue weighted by Gasteiger charge is -2.17. The van der Waals surface area contributed by atoms with Gasteiger partial charge in [0, 0.05) is 20.2 Å². The summed E-state index contributed by atoms with van der Waals surface area (Å²) >= 11 is 0. The number of benzene rings is 1. The molecule has 0 spiro atoms. The minimum Gasteiger partial charge on any atom is -0.489 e. The molecule has 1 atom stereocenters. The van der Waals surface area contributed by atoms with E-state index in [1.807, 2.05) is 6.92 Å². The Morgan fingerprint density at radius 1 is 1.08 bits per heavy atom. The van der Waals surface area contributed by atoms with Crippen LogP contribution < -0.4 is 15.4 Å². The molecule has 0 aliphatic carbocycles. The van der Waals surface area contributed by atoms with Crippen molar-refractivity contribution in [2.45, 2.75) is 32.8 Å². The summed E-state index contributed by atoms with van der Waals surface area (Å²) in [5.41, 5.74) is 0. The second kappa shape index (κ2) is 14.3. The van der Waals surface area contributed by atoms with Gasteiger partial charge in [-0.25, -0.2) is 4.39 Å². The summed E-state index contributed by atoms with van der Waals surface area (Å²) in [5, 5.41) is 6.36. The molecular weight excluding hydrogens is 337 g/mol. The largest absolute Gasteiger partial charge is 0.489 e. The van der Waals surface area contributed by atoms with Crippen LogP contribution in [0.2, 0.25) is 0 Å². The quantitative estimate of drug-likeness (QED) is 0.318. The van der Waals surface area contributed by atoms with E-state index in [2.05, 4.69) is 22.5 Å². The molecule has 0 amide bonds. The lowest BCUT2D eigenvalue weighted by molar-refractivity contribution is 0.0487. The molecule has 26 heavy (non-hydrogen) atoms. The van der Waals surface area contributed by atoms with E-state index in [1.54, 1.807) is 19.2 Å². The predicted molar refractivity (Wildman–Crippen MR) is 102 cm³/mol. The second-order valence-electron chi connectivity index (χ2n) is 5.84. The highest BCUT2D eigenvalue weighted by Gasteiger charge is 2.06. The Balaban J connectivity index is 2.08. The minimum atomic E-state index is -0.275. The molecule has 6 nitrogen and oxygen atoms in total. The van der Waals surface area contributed by atoms with E-state index in [1.165, 1.54) is 12.1 Å². The van der Waals surface area contributed by atoms with Crippen molar-refractivity contribution in [1.29, 1.82) is 0 Å². The zero-order valence-corrected chi connectivity index (χ0v) is 16.1. The fourth-order valence-corrected chi connectivity index (χ4v) is 2.06. The third kappa shape index (κ3) is 10.9. The Hall–Kier alpha value is -1.86. The van der Waals surface area contributed by atoms with E-state index in [0.717, 1.165) is 19.4 Å². The van der Waals surface area contributed by atoms with Gasteiger partial charge in [-0.15, -0.1) is 0 Å². The minimum absolute atomic E-state index is 0.0875. The van der Waals surface area contributed by atoms with Gasteiger partial charge in [-0.2, -0.15) is 0 Å². The number of guanidine groups is 1. The van der Waals surface area contributed by atoms with Crippen LogP contribution in [0, 0.1) is 5.82 Å².